The van der Waals surface area contributed by atoms with Crippen molar-refractivity contribution in [3.63, 3.8) is 0 Å². The van der Waals surface area contributed by atoms with E-state index in [0.29, 0.717) is 43.1 Å². The Morgan fingerprint density at radius 2 is 1.77 bits per heavy atom. The molecule has 2 heterocycles. The molecule has 1 fully saturated rings. The van der Waals surface area contributed by atoms with Crippen LogP contribution in [0.3, 0.4) is 0 Å². The lowest BCUT2D eigenvalue weighted by Gasteiger charge is -2.38. The van der Waals surface area contributed by atoms with Gasteiger partial charge in [0.2, 0.25) is 11.8 Å². The summed E-state index contributed by atoms with van der Waals surface area (Å²) in [5.74, 6) is -1.79. The molecular weight excluding hydrogens is 402 g/mol. The second kappa shape index (κ2) is 7.62. The number of carbonyl (C=O) groups excluding carboxylic acids is 2. The number of piperazine rings is 1. The van der Waals surface area contributed by atoms with Gasteiger partial charge >= 0.3 is 6.18 Å². The third-order valence-corrected chi connectivity index (χ3v) is 5.48. The summed E-state index contributed by atoms with van der Waals surface area (Å²) < 4.78 is 52.4. The molecule has 0 spiro atoms. The maximum Gasteiger partial charge on any atom is 0.416 e. The largest absolute Gasteiger partial charge is 0.416 e. The summed E-state index contributed by atoms with van der Waals surface area (Å²) in [6.07, 6.45) is -4.44. The predicted molar refractivity (Wildman–Crippen MR) is 103 cm³/mol. The van der Waals surface area contributed by atoms with Crippen molar-refractivity contribution >= 4 is 23.2 Å². The molecule has 9 heteroatoms. The van der Waals surface area contributed by atoms with E-state index in [1.54, 1.807) is 15.9 Å². The Bertz CT molecular complexity index is 984. The van der Waals surface area contributed by atoms with E-state index in [9.17, 15) is 27.2 Å². The van der Waals surface area contributed by atoms with Gasteiger partial charge in [-0.3, -0.25) is 9.59 Å². The van der Waals surface area contributed by atoms with E-state index in [0.717, 1.165) is 12.1 Å². The van der Waals surface area contributed by atoms with Crippen molar-refractivity contribution in [1.29, 1.82) is 0 Å². The van der Waals surface area contributed by atoms with Crippen LogP contribution in [0.5, 0.6) is 0 Å². The first-order valence-corrected chi connectivity index (χ1v) is 9.52. The van der Waals surface area contributed by atoms with Crippen molar-refractivity contribution in [3.8, 4) is 0 Å². The molecule has 0 bridgehead atoms. The topological polar surface area (TPSA) is 52.7 Å². The zero-order valence-electron chi connectivity index (χ0n) is 15.9. The third-order valence-electron chi connectivity index (χ3n) is 5.48. The van der Waals surface area contributed by atoms with E-state index in [-0.39, 0.29) is 18.2 Å². The maximum absolute atomic E-state index is 13.5. The highest BCUT2D eigenvalue weighted by Crippen LogP contribution is 2.35. The lowest BCUT2D eigenvalue weighted by molar-refractivity contribution is -0.137. The monoisotopic (exact) mass is 421 g/mol. The van der Waals surface area contributed by atoms with Crippen LogP contribution >= 0.6 is 0 Å². The number of rotatable bonds is 2. The molecule has 1 saturated heterocycles. The summed E-state index contributed by atoms with van der Waals surface area (Å²) in [7, 11) is 0. The Hall–Kier alpha value is -3.10. The molecule has 0 unspecified atom stereocenters. The Kier molecular flexibility index (Phi) is 5.13. The quantitative estimate of drug-likeness (QED) is 0.754. The fraction of sp³-hybridized carbons (Fsp3) is 0.333. The van der Waals surface area contributed by atoms with Gasteiger partial charge in [-0.2, -0.15) is 13.2 Å². The minimum Gasteiger partial charge on any atom is -0.368 e. The average molecular weight is 421 g/mol. The number of carbonyl (C=O) groups is 2. The van der Waals surface area contributed by atoms with E-state index in [1.807, 2.05) is 0 Å². The number of halogens is 4. The Morgan fingerprint density at radius 1 is 1.03 bits per heavy atom. The van der Waals surface area contributed by atoms with Crippen LogP contribution in [0, 0.1) is 5.82 Å². The van der Waals surface area contributed by atoms with Crippen LogP contribution in [0.4, 0.5) is 28.9 Å². The van der Waals surface area contributed by atoms with Gasteiger partial charge in [0.1, 0.15) is 5.82 Å². The molecule has 1 N–H and O–H groups in total. The summed E-state index contributed by atoms with van der Waals surface area (Å²) in [6, 6.07) is 9.06. The van der Waals surface area contributed by atoms with Gasteiger partial charge in [0, 0.05) is 44.0 Å². The molecule has 0 aromatic heterocycles. The molecule has 0 radical (unpaired) electrons. The normalized spacial score (nSPS) is 19.3. The minimum absolute atomic E-state index is 0.0225. The predicted octanol–water partition coefficient (Wildman–Crippen LogP) is 3.62. The first-order chi connectivity index (χ1) is 14.2. The molecule has 4 rings (SSSR count). The van der Waals surface area contributed by atoms with Crippen LogP contribution in [-0.4, -0.2) is 42.9 Å². The molecule has 2 aliphatic rings. The van der Waals surface area contributed by atoms with Gasteiger partial charge in [0.15, 0.2) is 0 Å². The van der Waals surface area contributed by atoms with Gasteiger partial charge in [0.25, 0.3) is 0 Å². The van der Waals surface area contributed by atoms with Gasteiger partial charge in [-0.1, -0.05) is 12.1 Å². The molecule has 5 nitrogen and oxygen atoms in total. The summed E-state index contributed by atoms with van der Waals surface area (Å²) in [6.45, 7) is 1.40. The van der Waals surface area contributed by atoms with Crippen molar-refractivity contribution in [3.05, 3.63) is 59.4 Å². The Labute approximate surface area is 170 Å². The van der Waals surface area contributed by atoms with Gasteiger partial charge in [-0.05, 0) is 35.9 Å². The fourth-order valence-corrected chi connectivity index (χ4v) is 3.94. The van der Waals surface area contributed by atoms with E-state index in [4.69, 9.17) is 0 Å². The maximum atomic E-state index is 13.5. The van der Waals surface area contributed by atoms with Crippen LogP contribution in [0.2, 0.25) is 0 Å². The molecule has 2 amide bonds. The SMILES string of the molecule is O=C1C[C@@H](C(=O)N2CCN(c3cccc(C(F)(F)F)c3)CC2)c2ccc(F)cc2N1. The zero-order chi connectivity index (χ0) is 21.5. The zero-order valence-corrected chi connectivity index (χ0v) is 15.9. The standard InChI is InChI=1S/C21H19F4N3O2/c22-14-4-5-16-17(12-19(29)26-18(16)11-14)20(30)28-8-6-27(7-9-28)15-3-1-2-13(10-15)21(23,24)25/h1-5,10-11,17H,6-9,12H2,(H,26,29)/t17-/m1/s1. The smallest absolute Gasteiger partial charge is 0.368 e. The second-order valence-electron chi connectivity index (χ2n) is 7.40. The highest BCUT2D eigenvalue weighted by Gasteiger charge is 2.35. The van der Waals surface area contributed by atoms with E-state index in [1.165, 1.54) is 24.3 Å². The average Bonchev–Trinajstić information content (AvgIpc) is 2.72. The van der Waals surface area contributed by atoms with Crippen molar-refractivity contribution in [2.75, 3.05) is 36.4 Å². The number of alkyl halides is 3. The number of amides is 2. The number of nitrogens with one attached hydrogen (secondary N) is 1. The van der Waals surface area contributed by atoms with Crippen LogP contribution in [-0.2, 0) is 15.8 Å². The Morgan fingerprint density at radius 3 is 2.47 bits per heavy atom. The van der Waals surface area contributed by atoms with Crippen molar-refractivity contribution in [1.82, 2.24) is 4.90 Å². The molecule has 1 atom stereocenters. The summed E-state index contributed by atoms with van der Waals surface area (Å²) in [5, 5.41) is 2.58. The number of anilines is 2. The van der Waals surface area contributed by atoms with Crippen molar-refractivity contribution < 1.29 is 27.2 Å². The minimum atomic E-state index is -4.41. The van der Waals surface area contributed by atoms with Crippen molar-refractivity contribution in [2.45, 2.75) is 18.5 Å². The summed E-state index contributed by atoms with van der Waals surface area (Å²) >= 11 is 0. The molecule has 2 aromatic rings. The van der Waals surface area contributed by atoms with Gasteiger partial charge < -0.3 is 15.1 Å². The number of fused-ring (bicyclic) bond motifs is 1. The molecule has 2 aliphatic heterocycles. The van der Waals surface area contributed by atoms with E-state index < -0.39 is 23.5 Å². The van der Waals surface area contributed by atoms with E-state index in [2.05, 4.69) is 5.32 Å². The first kappa shape index (κ1) is 20.2. The Balaban J connectivity index is 1.46. The molecule has 0 saturated carbocycles. The summed E-state index contributed by atoms with van der Waals surface area (Å²) in [4.78, 5) is 28.5. The van der Waals surface area contributed by atoms with Gasteiger partial charge in [-0.25, -0.2) is 4.39 Å². The molecule has 30 heavy (non-hydrogen) atoms. The van der Waals surface area contributed by atoms with Gasteiger partial charge in [0.05, 0.1) is 11.5 Å². The summed E-state index contributed by atoms with van der Waals surface area (Å²) in [5.41, 5.74) is 0.610. The lowest BCUT2D eigenvalue weighted by atomic mass is 9.89. The van der Waals surface area contributed by atoms with Crippen LogP contribution < -0.4 is 10.2 Å². The highest BCUT2D eigenvalue weighted by molar-refractivity contribution is 6.01. The van der Waals surface area contributed by atoms with Crippen molar-refractivity contribution in [2.24, 2.45) is 0 Å². The fourth-order valence-electron chi connectivity index (χ4n) is 3.94. The molecule has 2 aromatic carbocycles. The number of nitrogens with zero attached hydrogens (tertiary/aromatic N) is 2. The van der Waals surface area contributed by atoms with Gasteiger partial charge in [-0.15, -0.1) is 0 Å². The molecular formula is C21H19F4N3O2. The lowest BCUT2D eigenvalue weighted by Crippen LogP contribution is -2.50. The molecule has 0 aliphatic carbocycles. The van der Waals surface area contributed by atoms with Crippen LogP contribution in [0.15, 0.2) is 42.5 Å². The van der Waals surface area contributed by atoms with Crippen LogP contribution in [0.1, 0.15) is 23.5 Å². The number of benzene rings is 2. The molecule has 158 valence electrons. The second-order valence-corrected chi connectivity index (χ2v) is 7.40. The number of hydrogen-bond donors (Lipinski definition) is 1. The van der Waals surface area contributed by atoms with Crippen LogP contribution in [0.25, 0.3) is 0 Å². The number of hydrogen-bond acceptors (Lipinski definition) is 3. The third kappa shape index (κ3) is 3.96. The first-order valence-electron chi connectivity index (χ1n) is 9.52. The highest BCUT2D eigenvalue weighted by atomic mass is 19.4. The van der Waals surface area contributed by atoms with E-state index >= 15 is 0 Å².